The van der Waals surface area contributed by atoms with Gasteiger partial charge in [-0.05, 0) is 33.4 Å². The standard InChI is InChI=1S/C15H19N/c1-15(2,3)14-9-11(10-16)8-12-6-4-5-7-13(12)14/h4-9H,10,16H2,1-3H3. The zero-order valence-corrected chi connectivity index (χ0v) is 10.2. The maximum absolute atomic E-state index is 5.75. The van der Waals surface area contributed by atoms with Crippen molar-refractivity contribution in [3.05, 3.63) is 47.5 Å². The molecular weight excluding hydrogens is 194 g/mol. The first kappa shape index (κ1) is 11.2. The van der Waals surface area contributed by atoms with Gasteiger partial charge < -0.3 is 5.73 Å². The molecule has 2 N–H and O–H groups in total. The van der Waals surface area contributed by atoms with Crippen LogP contribution in [0.25, 0.3) is 10.8 Å². The van der Waals surface area contributed by atoms with Gasteiger partial charge in [-0.25, -0.2) is 0 Å². The topological polar surface area (TPSA) is 26.0 Å². The minimum absolute atomic E-state index is 0.158. The van der Waals surface area contributed by atoms with Crippen molar-refractivity contribution in [3.63, 3.8) is 0 Å². The van der Waals surface area contributed by atoms with Gasteiger partial charge in [0.15, 0.2) is 0 Å². The molecular formula is C15H19N. The summed E-state index contributed by atoms with van der Waals surface area (Å²) in [6, 6.07) is 12.9. The van der Waals surface area contributed by atoms with Gasteiger partial charge in [0.2, 0.25) is 0 Å². The van der Waals surface area contributed by atoms with Gasteiger partial charge in [-0.3, -0.25) is 0 Å². The average molecular weight is 213 g/mol. The Labute approximate surface area is 97.3 Å². The quantitative estimate of drug-likeness (QED) is 0.769. The third-order valence-corrected chi connectivity index (χ3v) is 2.97. The Morgan fingerprint density at radius 1 is 1.06 bits per heavy atom. The molecule has 0 spiro atoms. The first-order chi connectivity index (χ1) is 7.52. The summed E-state index contributed by atoms with van der Waals surface area (Å²) >= 11 is 0. The Morgan fingerprint density at radius 2 is 1.75 bits per heavy atom. The zero-order chi connectivity index (χ0) is 11.8. The van der Waals surface area contributed by atoms with E-state index in [9.17, 15) is 0 Å². The smallest absolute Gasteiger partial charge is 0.0178 e. The van der Waals surface area contributed by atoms with E-state index in [1.165, 1.54) is 21.9 Å². The monoisotopic (exact) mass is 213 g/mol. The van der Waals surface area contributed by atoms with E-state index in [1.54, 1.807) is 0 Å². The maximum atomic E-state index is 5.75. The number of hydrogen-bond acceptors (Lipinski definition) is 1. The molecule has 2 aromatic rings. The lowest BCUT2D eigenvalue weighted by atomic mass is 9.82. The molecule has 16 heavy (non-hydrogen) atoms. The molecule has 0 radical (unpaired) electrons. The SMILES string of the molecule is CC(C)(C)c1cc(CN)cc2ccccc12. The summed E-state index contributed by atoms with van der Waals surface area (Å²) in [6.45, 7) is 7.34. The summed E-state index contributed by atoms with van der Waals surface area (Å²) in [5.74, 6) is 0. The predicted octanol–water partition coefficient (Wildman–Crippen LogP) is 3.60. The van der Waals surface area contributed by atoms with Crippen LogP contribution in [-0.2, 0) is 12.0 Å². The van der Waals surface area contributed by atoms with E-state index >= 15 is 0 Å². The second kappa shape index (κ2) is 3.91. The summed E-state index contributed by atoms with van der Waals surface area (Å²) in [4.78, 5) is 0. The Hall–Kier alpha value is -1.34. The highest BCUT2D eigenvalue weighted by Crippen LogP contribution is 2.31. The number of benzene rings is 2. The minimum atomic E-state index is 0.158. The molecule has 0 unspecified atom stereocenters. The minimum Gasteiger partial charge on any atom is -0.326 e. The van der Waals surface area contributed by atoms with Gasteiger partial charge >= 0.3 is 0 Å². The molecule has 0 aromatic heterocycles. The second-order valence-electron chi connectivity index (χ2n) is 5.32. The Bertz CT molecular complexity index is 506. The molecule has 0 aliphatic rings. The van der Waals surface area contributed by atoms with Crippen molar-refractivity contribution in [2.45, 2.75) is 32.7 Å². The average Bonchev–Trinajstić information content (AvgIpc) is 2.26. The van der Waals surface area contributed by atoms with Crippen LogP contribution in [0.15, 0.2) is 36.4 Å². The number of nitrogens with two attached hydrogens (primary N) is 1. The Kier molecular flexibility index (Phi) is 2.73. The summed E-state index contributed by atoms with van der Waals surface area (Å²) in [6.07, 6.45) is 0. The molecule has 0 saturated heterocycles. The Morgan fingerprint density at radius 3 is 2.38 bits per heavy atom. The van der Waals surface area contributed by atoms with Gasteiger partial charge in [-0.1, -0.05) is 51.1 Å². The lowest BCUT2D eigenvalue weighted by Gasteiger charge is -2.22. The van der Waals surface area contributed by atoms with E-state index in [2.05, 4.69) is 57.2 Å². The largest absolute Gasteiger partial charge is 0.326 e. The molecule has 0 aliphatic carbocycles. The number of hydrogen-bond donors (Lipinski definition) is 1. The number of fused-ring (bicyclic) bond motifs is 1. The summed E-state index contributed by atoms with van der Waals surface area (Å²) in [5, 5.41) is 2.63. The third-order valence-electron chi connectivity index (χ3n) is 2.97. The molecule has 0 bridgehead atoms. The second-order valence-corrected chi connectivity index (χ2v) is 5.32. The van der Waals surface area contributed by atoms with Gasteiger partial charge in [-0.2, -0.15) is 0 Å². The van der Waals surface area contributed by atoms with E-state index in [1.807, 2.05) is 0 Å². The lowest BCUT2D eigenvalue weighted by Crippen LogP contribution is -2.13. The maximum Gasteiger partial charge on any atom is 0.0178 e. The van der Waals surface area contributed by atoms with E-state index in [-0.39, 0.29) is 5.41 Å². The highest BCUT2D eigenvalue weighted by molar-refractivity contribution is 5.87. The fourth-order valence-corrected chi connectivity index (χ4v) is 2.11. The van der Waals surface area contributed by atoms with Crippen molar-refractivity contribution in [2.75, 3.05) is 0 Å². The highest BCUT2D eigenvalue weighted by atomic mass is 14.5. The van der Waals surface area contributed by atoms with Gasteiger partial charge in [0.1, 0.15) is 0 Å². The van der Waals surface area contributed by atoms with Crippen molar-refractivity contribution in [2.24, 2.45) is 5.73 Å². The van der Waals surface area contributed by atoms with Crippen LogP contribution in [0.5, 0.6) is 0 Å². The van der Waals surface area contributed by atoms with E-state index in [0.717, 1.165) is 0 Å². The van der Waals surface area contributed by atoms with Crippen LogP contribution in [0.1, 0.15) is 31.9 Å². The van der Waals surface area contributed by atoms with Crippen molar-refractivity contribution in [1.82, 2.24) is 0 Å². The van der Waals surface area contributed by atoms with Crippen LogP contribution in [-0.4, -0.2) is 0 Å². The summed E-state index contributed by atoms with van der Waals surface area (Å²) in [5.41, 5.74) is 8.50. The van der Waals surface area contributed by atoms with Crippen LogP contribution in [0.4, 0.5) is 0 Å². The molecule has 1 heteroatoms. The van der Waals surface area contributed by atoms with Gasteiger partial charge in [0.05, 0.1) is 0 Å². The predicted molar refractivity (Wildman–Crippen MR) is 70.5 cm³/mol. The molecule has 0 atom stereocenters. The molecule has 0 heterocycles. The normalized spacial score (nSPS) is 12.0. The van der Waals surface area contributed by atoms with Crippen LogP contribution >= 0.6 is 0 Å². The van der Waals surface area contributed by atoms with E-state index < -0.39 is 0 Å². The highest BCUT2D eigenvalue weighted by Gasteiger charge is 2.17. The molecule has 0 aliphatic heterocycles. The molecule has 84 valence electrons. The number of rotatable bonds is 1. The van der Waals surface area contributed by atoms with Gasteiger partial charge in [0, 0.05) is 6.54 Å². The fraction of sp³-hybridized carbons (Fsp3) is 0.333. The van der Waals surface area contributed by atoms with Crippen molar-refractivity contribution in [3.8, 4) is 0 Å². The third kappa shape index (κ3) is 1.96. The van der Waals surface area contributed by atoms with Gasteiger partial charge in [0.25, 0.3) is 0 Å². The molecule has 0 amide bonds. The molecule has 0 fully saturated rings. The first-order valence-corrected chi connectivity index (χ1v) is 5.74. The molecule has 2 aromatic carbocycles. The van der Waals surface area contributed by atoms with Crippen LogP contribution in [0.3, 0.4) is 0 Å². The zero-order valence-electron chi connectivity index (χ0n) is 10.2. The molecule has 2 rings (SSSR count). The van der Waals surface area contributed by atoms with Crippen molar-refractivity contribution >= 4 is 10.8 Å². The Balaban J connectivity index is 2.79. The lowest BCUT2D eigenvalue weighted by molar-refractivity contribution is 0.595. The van der Waals surface area contributed by atoms with Gasteiger partial charge in [-0.15, -0.1) is 0 Å². The molecule has 1 nitrogen and oxygen atoms in total. The van der Waals surface area contributed by atoms with Crippen LogP contribution < -0.4 is 5.73 Å². The van der Waals surface area contributed by atoms with Crippen molar-refractivity contribution in [1.29, 1.82) is 0 Å². The van der Waals surface area contributed by atoms with Crippen LogP contribution in [0.2, 0.25) is 0 Å². The first-order valence-electron chi connectivity index (χ1n) is 5.74. The van der Waals surface area contributed by atoms with Crippen molar-refractivity contribution < 1.29 is 0 Å². The summed E-state index contributed by atoms with van der Waals surface area (Å²) < 4.78 is 0. The summed E-state index contributed by atoms with van der Waals surface area (Å²) in [7, 11) is 0. The van der Waals surface area contributed by atoms with E-state index in [0.29, 0.717) is 6.54 Å². The fourth-order valence-electron chi connectivity index (χ4n) is 2.11. The molecule has 0 saturated carbocycles. The van der Waals surface area contributed by atoms with E-state index in [4.69, 9.17) is 5.73 Å². The van der Waals surface area contributed by atoms with Crippen LogP contribution in [0, 0.1) is 0 Å².